The SMILES string of the molecule is C[C@@]12CC=C[C@H]1C1=CC=C3CC(O)(O)C=C[C@]3(C)[C@H]1CC2. The van der Waals surface area contributed by atoms with Crippen LogP contribution in [0.15, 0.2) is 47.6 Å². The predicted octanol–water partition coefficient (Wildman–Crippen LogP) is 3.49. The zero-order chi connectivity index (χ0) is 14.9. The molecule has 0 aliphatic heterocycles. The Labute approximate surface area is 126 Å². The van der Waals surface area contributed by atoms with E-state index >= 15 is 0 Å². The topological polar surface area (TPSA) is 40.5 Å². The normalized spacial score (nSPS) is 46.3. The summed E-state index contributed by atoms with van der Waals surface area (Å²) in [5.74, 6) is -0.604. The van der Waals surface area contributed by atoms with Gasteiger partial charge in [-0.2, -0.15) is 0 Å². The third kappa shape index (κ3) is 1.79. The van der Waals surface area contributed by atoms with Gasteiger partial charge in [0.1, 0.15) is 0 Å². The highest BCUT2D eigenvalue weighted by atomic mass is 16.5. The van der Waals surface area contributed by atoms with Gasteiger partial charge in [-0.05, 0) is 36.7 Å². The van der Waals surface area contributed by atoms with Crippen molar-refractivity contribution in [3.8, 4) is 0 Å². The van der Waals surface area contributed by atoms with Gasteiger partial charge < -0.3 is 10.2 Å². The number of fused-ring (bicyclic) bond motifs is 5. The van der Waals surface area contributed by atoms with Crippen molar-refractivity contribution in [2.75, 3.05) is 0 Å². The van der Waals surface area contributed by atoms with Crippen LogP contribution in [0.25, 0.3) is 0 Å². The zero-order valence-electron chi connectivity index (χ0n) is 12.8. The van der Waals surface area contributed by atoms with Gasteiger partial charge in [0.15, 0.2) is 5.79 Å². The number of rotatable bonds is 0. The monoisotopic (exact) mass is 284 g/mol. The lowest BCUT2D eigenvalue weighted by Gasteiger charge is -2.52. The molecular formula is C19H24O2. The van der Waals surface area contributed by atoms with Crippen LogP contribution >= 0.6 is 0 Å². The smallest absolute Gasteiger partial charge is 0.186 e. The Morgan fingerprint density at radius 1 is 1.14 bits per heavy atom. The van der Waals surface area contributed by atoms with Crippen LogP contribution in [0.3, 0.4) is 0 Å². The molecule has 2 heteroatoms. The molecule has 4 aliphatic rings. The van der Waals surface area contributed by atoms with Crippen LogP contribution in [0, 0.1) is 22.7 Å². The molecule has 0 spiro atoms. The fourth-order valence-electron chi connectivity index (χ4n) is 5.05. The van der Waals surface area contributed by atoms with Crippen molar-refractivity contribution in [3.05, 3.63) is 47.6 Å². The second-order valence-corrected chi connectivity index (χ2v) is 7.89. The van der Waals surface area contributed by atoms with E-state index in [0.717, 1.165) is 5.57 Å². The molecule has 2 N–H and O–H groups in total. The minimum atomic E-state index is -1.67. The first-order valence-electron chi connectivity index (χ1n) is 8.07. The van der Waals surface area contributed by atoms with Crippen molar-refractivity contribution in [3.63, 3.8) is 0 Å². The summed E-state index contributed by atoms with van der Waals surface area (Å²) >= 11 is 0. The molecule has 112 valence electrons. The maximum Gasteiger partial charge on any atom is 0.186 e. The molecular weight excluding hydrogens is 260 g/mol. The molecule has 0 amide bonds. The lowest BCUT2D eigenvalue weighted by molar-refractivity contribution is -0.123. The highest BCUT2D eigenvalue weighted by Gasteiger charge is 2.51. The van der Waals surface area contributed by atoms with Gasteiger partial charge >= 0.3 is 0 Å². The predicted molar refractivity (Wildman–Crippen MR) is 83.3 cm³/mol. The van der Waals surface area contributed by atoms with E-state index < -0.39 is 5.79 Å². The molecule has 0 saturated heterocycles. The van der Waals surface area contributed by atoms with Gasteiger partial charge in [-0.15, -0.1) is 0 Å². The average molecular weight is 284 g/mol. The Hall–Kier alpha value is -1.12. The molecule has 21 heavy (non-hydrogen) atoms. The van der Waals surface area contributed by atoms with Crippen LogP contribution in [-0.2, 0) is 0 Å². The third-order valence-corrected chi connectivity index (χ3v) is 6.47. The highest BCUT2D eigenvalue weighted by Crippen LogP contribution is 2.61. The summed E-state index contributed by atoms with van der Waals surface area (Å²) in [6.07, 6.45) is 16.8. The molecule has 1 saturated carbocycles. The first kappa shape index (κ1) is 13.5. The first-order chi connectivity index (χ1) is 9.84. The summed E-state index contributed by atoms with van der Waals surface area (Å²) in [6.45, 7) is 4.68. The first-order valence-corrected chi connectivity index (χ1v) is 8.07. The van der Waals surface area contributed by atoms with E-state index in [9.17, 15) is 10.2 Å². The van der Waals surface area contributed by atoms with Crippen molar-refractivity contribution in [1.29, 1.82) is 0 Å². The summed E-state index contributed by atoms with van der Waals surface area (Å²) in [6, 6.07) is 0. The van der Waals surface area contributed by atoms with Gasteiger partial charge in [-0.1, -0.05) is 55.4 Å². The van der Waals surface area contributed by atoms with Crippen LogP contribution in [0.2, 0.25) is 0 Å². The van der Waals surface area contributed by atoms with Crippen molar-refractivity contribution >= 4 is 0 Å². The fraction of sp³-hybridized carbons (Fsp3) is 0.579. The summed E-state index contributed by atoms with van der Waals surface area (Å²) in [5.41, 5.74) is 3.07. The molecule has 0 heterocycles. The van der Waals surface area contributed by atoms with Crippen LogP contribution in [-0.4, -0.2) is 16.0 Å². The number of allylic oxidation sites excluding steroid dienone is 6. The average Bonchev–Trinajstić information content (AvgIpc) is 2.81. The molecule has 4 atom stereocenters. The van der Waals surface area contributed by atoms with Gasteiger partial charge in [0.05, 0.1) is 0 Å². The Kier molecular flexibility index (Phi) is 2.57. The molecule has 0 aromatic carbocycles. The van der Waals surface area contributed by atoms with Crippen molar-refractivity contribution < 1.29 is 10.2 Å². The number of hydrogen-bond donors (Lipinski definition) is 2. The molecule has 2 nitrogen and oxygen atoms in total. The molecule has 0 radical (unpaired) electrons. The Morgan fingerprint density at radius 3 is 2.76 bits per heavy atom. The van der Waals surface area contributed by atoms with Crippen LogP contribution in [0.1, 0.15) is 39.5 Å². The molecule has 4 rings (SSSR count). The van der Waals surface area contributed by atoms with Crippen LogP contribution < -0.4 is 0 Å². The molecule has 4 aliphatic carbocycles. The quantitative estimate of drug-likeness (QED) is 0.528. The van der Waals surface area contributed by atoms with Gasteiger partial charge in [0.25, 0.3) is 0 Å². The second-order valence-electron chi connectivity index (χ2n) is 7.89. The summed E-state index contributed by atoms with van der Waals surface area (Å²) in [4.78, 5) is 0. The summed E-state index contributed by atoms with van der Waals surface area (Å²) in [5, 5.41) is 19.8. The van der Waals surface area contributed by atoms with Crippen molar-refractivity contribution in [1.82, 2.24) is 0 Å². The third-order valence-electron chi connectivity index (χ3n) is 6.47. The lowest BCUT2D eigenvalue weighted by atomic mass is 9.52. The van der Waals surface area contributed by atoms with E-state index in [0.29, 0.717) is 23.7 Å². The van der Waals surface area contributed by atoms with E-state index in [4.69, 9.17) is 0 Å². The molecule has 0 unspecified atom stereocenters. The lowest BCUT2D eigenvalue weighted by Crippen LogP contribution is -2.45. The molecule has 1 fully saturated rings. The standard InChI is InChI=1S/C19H24O2/c1-17-8-3-4-15(17)14-6-5-13-12-19(20,21)11-10-18(13,2)16(14)7-9-17/h3-6,10-11,15-16,20-21H,7-9,12H2,1-2H3/t15-,16-,17-,18-/m0/s1. The second kappa shape index (κ2) is 3.99. The number of aliphatic hydroxyl groups is 2. The van der Waals surface area contributed by atoms with E-state index in [1.807, 2.05) is 6.08 Å². The zero-order valence-corrected chi connectivity index (χ0v) is 12.8. The van der Waals surface area contributed by atoms with E-state index in [2.05, 4.69) is 38.2 Å². The van der Waals surface area contributed by atoms with Crippen molar-refractivity contribution in [2.45, 2.75) is 45.3 Å². The van der Waals surface area contributed by atoms with Crippen molar-refractivity contribution in [2.24, 2.45) is 22.7 Å². The molecule has 0 aromatic heterocycles. The van der Waals surface area contributed by atoms with Gasteiger partial charge in [-0.25, -0.2) is 0 Å². The number of hydrogen-bond acceptors (Lipinski definition) is 2. The van der Waals surface area contributed by atoms with Crippen LogP contribution in [0.5, 0.6) is 0 Å². The maximum absolute atomic E-state index is 9.91. The van der Waals surface area contributed by atoms with E-state index in [-0.39, 0.29) is 5.41 Å². The minimum absolute atomic E-state index is 0.0448. The van der Waals surface area contributed by atoms with E-state index in [1.165, 1.54) is 19.3 Å². The highest BCUT2D eigenvalue weighted by molar-refractivity contribution is 5.44. The fourth-order valence-corrected chi connectivity index (χ4v) is 5.05. The minimum Gasteiger partial charge on any atom is -0.362 e. The summed E-state index contributed by atoms with van der Waals surface area (Å²) < 4.78 is 0. The molecule has 0 aromatic rings. The maximum atomic E-state index is 9.91. The van der Waals surface area contributed by atoms with E-state index in [1.54, 1.807) is 11.6 Å². The Balaban J connectivity index is 1.79. The van der Waals surface area contributed by atoms with Crippen LogP contribution in [0.4, 0.5) is 0 Å². The van der Waals surface area contributed by atoms with Gasteiger partial charge in [-0.3, -0.25) is 0 Å². The van der Waals surface area contributed by atoms with Gasteiger partial charge in [0, 0.05) is 17.8 Å². The Morgan fingerprint density at radius 2 is 1.95 bits per heavy atom. The summed E-state index contributed by atoms with van der Waals surface area (Å²) in [7, 11) is 0. The molecule has 0 bridgehead atoms. The Bertz CT molecular complexity index is 607. The largest absolute Gasteiger partial charge is 0.362 e. The van der Waals surface area contributed by atoms with Gasteiger partial charge in [0.2, 0.25) is 0 Å².